The second kappa shape index (κ2) is 13.1. The van der Waals surface area contributed by atoms with Gasteiger partial charge in [0, 0.05) is 37.4 Å². The molecule has 1 fully saturated rings. The Balaban J connectivity index is 1.63. The van der Waals surface area contributed by atoms with Gasteiger partial charge in [-0.2, -0.15) is 5.10 Å². The molecule has 1 aromatic carbocycles. The van der Waals surface area contributed by atoms with Crippen LogP contribution in [0.25, 0.3) is 22.3 Å². The van der Waals surface area contributed by atoms with E-state index < -0.39 is 8.32 Å². The van der Waals surface area contributed by atoms with E-state index in [-0.39, 0.29) is 17.2 Å². The van der Waals surface area contributed by atoms with Crippen LogP contribution in [0.5, 0.6) is 5.75 Å². The second-order valence-electron chi connectivity index (χ2n) is 13.2. The van der Waals surface area contributed by atoms with Crippen molar-refractivity contribution in [1.82, 2.24) is 19.7 Å². The summed E-state index contributed by atoms with van der Waals surface area (Å²) >= 11 is 3.71. The van der Waals surface area contributed by atoms with E-state index in [4.69, 9.17) is 24.0 Å². The van der Waals surface area contributed by atoms with E-state index in [1.54, 1.807) is 0 Å². The Hall–Kier alpha value is -1.98. The fraction of sp³-hybridized carbons (Fsp3) is 0.613. The summed E-state index contributed by atoms with van der Waals surface area (Å²) < 4.78 is 21.5. The number of rotatable bonds is 11. The Morgan fingerprint density at radius 2 is 1.88 bits per heavy atom. The van der Waals surface area contributed by atoms with Crippen molar-refractivity contribution in [2.24, 2.45) is 0 Å². The molecule has 0 spiro atoms. The molecule has 1 N–H and O–H groups in total. The lowest BCUT2D eigenvalue weighted by atomic mass is 10.1. The first-order valence-corrected chi connectivity index (χ1v) is 18.4. The van der Waals surface area contributed by atoms with E-state index in [1.165, 1.54) is 0 Å². The van der Waals surface area contributed by atoms with Crippen LogP contribution in [-0.2, 0) is 9.16 Å². The Morgan fingerprint density at radius 3 is 2.51 bits per heavy atom. The van der Waals surface area contributed by atoms with Crippen LogP contribution < -0.4 is 10.1 Å². The van der Waals surface area contributed by atoms with Crippen LogP contribution in [0.1, 0.15) is 53.5 Å². The number of aromatic nitrogens is 3. The Kier molecular flexibility index (Phi) is 10.2. The molecular formula is C31H48BrN5O3Si. The van der Waals surface area contributed by atoms with Gasteiger partial charge in [0.25, 0.3) is 0 Å². The number of benzene rings is 1. The summed E-state index contributed by atoms with van der Waals surface area (Å²) in [5, 5.41) is 9.71. The largest absolute Gasteiger partial charge is 0.491 e. The molecule has 0 saturated carbocycles. The lowest BCUT2D eigenvalue weighted by Gasteiger charge is -2.39. The Morgan fingerprint density at radius 1 is 1.17 bits per heavy atom. The minimum atomic E-state index is -1.94. The third kappa shape index (κ3) is 7.90. The number of likely N-dealkylation sites (N-methyl/N-ethyl adjacent to an activating group) is 1. The number of ether oxygens (including phenoxy) is 2. The van der Waals surface area contributed by atoms with E-state index >= 15 is 0 Å². The molecule has 1 aliphatic rings. The summed E-state index contributed by atoms with van der Waals surface area (Å²) in [6.07, 6.45) is 1.93. The number of hydrogen-bond donors (Lipinski definition) is 1. The predicted molar refractivity (Wildman–Crippen MR) is 175 cm³/mol. The predicted octanol–water partition coefficient (Wildman–Crippen LogP) is 7.36. The lowest BCUT2D eigenvalue weighted by Crippen LogP contribution is -2.48. The minimum Gasteiger partial charge on any atom is -0.491 e. The maximum Gasteiger partial charge on any atom is 0.192 e. The lowest BCUT2D eigenvalue weighted by molar-refractivity contribution is 0.0904. The van der Waals surface area contributed by atoms with Crippen LogP contribution in [0, 0.1) is 0 Å². The third-order valence-corrected chi connectivity index (χ3v) is 13.2. The number of hydrogen-bond acceptors (Lipinski definition) is 7. The first-order valence-electron chi connectivity index (χ1n) is 14.7. The molecule has 0 bridgehead atoms. The van der Waals surface area contributed by atoms with Crippen molar-refractivity contribution in [2.45, 2.75) is 83.8 Å². The van der Waals surface area contributed by atoms with E-state index in [0.29, 0.717) is 12.6 Å². The molecule has 1 atom stereocenters. The van der Waals surface area contributed by atoms with E-state index in [9.17, 15) is 0 Å². The molecule has 3 heterocycles. The Bertz CT molecular complexity index is 1320. The van der Waals surface area contributed by atoms with Crippen molar-refractivity contribution in [1.29, 1.82) is 0 Å². The van der Waals surface area contributed by atoms with Gasteiger partial charge in [-0.05, 0) is 93.0 Å². The summed E-state index contributed by atoms with van der Waals surface area (Å²) in [6, 6.07) is 10.9. The molecule has 10 heteroatoms. The van der Waals surface area contributed by atoms with Gasteiger partial charge in [-0.3, -0.25) is 0 Å². The molecule has 8 nitrogen and oxygen atoms in total. The molecule has 41 heavy (non-hydrogen) atoms. The molecule has 4 rings (SSSR count). The zero-order valence-electron chi connectivity index (χ0n) is 26.3. The van der Waals surface area contributed by atoms with Gasteiger partial charge in [0.05, 0.1) is 22.9 Å². The summed E-state index contributed by atoms with van der Waals surface area (Å²) in [6.45, 7) is 18.5. The number of fused-ring (bicyclic) bond motifs is 1. The van der Waals surface area contributed by atoms with Gasteiger partial charge in [-0.15, -0.1) is 0 Å². The normalized spacial score (nSPS) is 16.1. The number of pyridine rings is 1. The number of anilines is 1. The van der Waals surface area contributed by atoms with Gasteiger partial charge < -0.3 is 24.1 Å². The quantitative estimate of drug-likeness (QED) is 0.218. The van der Waals surface area contributed by atoms with Crippen LogP contribution in [0.4, 0.5) is 5.69 Å². The highest BCUT2D eigenvalue weighted by atomic mass is 79.9. The number of nitrogens with zero attached hydrogens (tertiary/aromatic N) is 4. The summed E-state index contributed by atoms with van der Waals surface area (Å²) in [5.74, 6) is 0.810. The van der Waals surface area contributed by atoms with Crippen LogP contribution >= 0.6 is 15.9 Å². The molecule has 0 radical (unpaired) electrons. The van der Waals surface area contributed by atoms with Gasteiger partial charge in [0.15, 0.2) is 14.0 Å². The van der Waals surface area contributed by atoms with Crippen molar-refractivity contribution < 1.29 is 13.9 Å². The first-order chi connectivity index (χ1) is 19.2. The van der Waals surface area contributed by atoms with E-state index in [0.717, 1.165) is 70.9 Å². The van der Waals surface area contributed by atoms with E-state index in [2.05, 4.69) is 106 Å². The SMILES string of the molecule is CC(C)n1nc(Br)c2c(NC3CCOCC3)cc(-c3cccc(OCC(CN(C)C)O[Si](C)(C)C(C)(C)C)c3)nc21. The first kappa shape index (κ1) is 31.9. The monoisotopic (exact) mass is 645 g/mol. The third-order valence-electron chi connectivity index (χ3n) is 8.09. The average molecular weight is 647 g/mol. The molecule has 1 aliphatic heterocycles. The molecule has 1 unspecified atom stereocenters. The van der Waals surface area contributed by atoms with Crippen molar-refractivity contribution in [3.05, 3.63) is 34.9 Å². The number of halogens is 1. The molecule has 226 valence electrons. The maximum absolute atomic E-state index is 6.75. The zero-order chi connectivity index (χ0) is 29.9. The van der Waals surface area contributed by atoms with Crippen molar-refractivity contribution in [2.75, 3.05) is 45.8 Å². The van der Waals surface area contributed by atoms with Crippen molar-refractivity contribution in [3.63, 3.8) is 0 Å². The van der Waals surface area contributed by atoms with Gasteiger partial charge in [-0.25, -0.2) is 9.67 Å². The number of nitrogens with one attached hydrogen (secondary N) is 1. The van der Waals surface area contributed by atoms with Crippen molar-refractivity contribution in [3.8, 4) is 17.0 Å². The molecule has 1 saturated heterocycles. The fourth-order valence-corrected chi connectivity index (χ4v) is 6.73. The Labute approximate surface area is 255 Å². The average Bonchev–Trinajstić information content (AvgIpc) is 3.24. The van der Waals surface area contributed by atoms with Crippen LogP contribution in [0.3, 0.4) is 0 Å². The summed E-state index contributed by atoms with van der Waals surface area (Å²) in [7, 11) is 2.22. The highest BCUT2D eigenvalue weighted by Gasteiger charge is 2.39. The topological polar surface area (TPSA) is 73.7 Å². The fourth-order valence-electron chi connectivity index (χ4n) is 4.84. The second-order valence-corrected chi connectivity index (χ2v) is 18.7. The minimum absolute atomic E-state index is 0.0166. The molecular weight excluding hydrogens is 598 g/mol. The van der Waals surface area contributed by atoms with Crippen LogP contribution in [0.2, 0.25) is 18.1 Å². The smallest absolute Gasteiger partial charge is 0.192 e. The summed E-state index contributed by atoms with van der Waals surface area (Å²) in [5.41, 5.74) is 3.78. The van der Waals surface area contributed by atoms with Gasteiger partial charge >= 0.3 is 0 Å². The zero-order valence-corrected chi connectivity index (χ0v) is 28.8. The van der Waals surface area contributed by atoms with Gasteiger partial charge in [0.2, 0.25) is 0 Å². The van der Waals surface area contributed by atoms with Crippen molar-refractivity contribution >= 4 is 41.0 Å². The summed E-state index contributed by atoms with van der Waals surface area (Å²) in [4.78, 5) is 7.28. The van der Waals surface area contributed by atoms with Gasteiger partial charge in [0.1, 0.15) is 17.0 Å². The highest BCUT2D eigenvalue weighted by molar-refractivity contribution is 9.10. The highest BCUT2D eigenvalue weighted by Crippen LogP contribution is 2.38. The van der Waals surface area contributed by atoms with Gasteiger partial charge in [-0.1, -0.05) is 32.9 Å². The molecule has 0 aliphatic carbocycles. The standard InChI is InChI=1S/C31H48BrN5O3Si/c1-21(2)37-30-28(29(32)35-37)27(33-23-13-15-38-16-14-23)18-26(34-30)22-11-10-12-24(17-22)39-20-25(19-36(6)7)40-41(8,9)31(3,4)5/h10-12,17-18,21,23,25H,13-16,19-20H2,1-9H3,(H,33,34). The van der Waals surface area contributed by atoms with Crippen LogP contribution in [-0.4, -0.2) is 80.6 Å². The van der Waals surface area contributed by atoms with Crippen LogP contribution in [0.15, 0.2) is 34.9 Å². The molecule has 3 aromatic rings. The van der Waals surface area contributed by atoms with E-state index in [1.807, 2.05) is 16.8 Å². The maximum atomic E-state index is 6.75. The molecule has 0 amide bonds. The molecule has 2 aromatic heterocycles.